The lowest BCUT2D eigenvalue weighted by Gasteiger charge is -2.40. The number of piperidine rings is 1. The molecule has 2 heterocycles. The number of likely N-dealkylation sites (tertiary alicyclic amines) is 1. The lowest BCUT2D eigenvalue weighted by molar-refractivity contribution is 0.0792. The largest absolute Gasteiger partial charge is 0.453 e. The number of pyridine rings is 1. The Balaban J connectivity index is 1.89. The van der Waals surface area contributed by atoms with Crippen molar-refractivity contribution in [3.05, 3.63) is 54.4 Å². The lowest BCUT2D eigenvalue weighted by Crippen LogP contribution is -2.57. The molecule has 1 fully saturated rings. The molecule has 1 aromatic carbocycles. The number of rotatable bonds is 5. The first kappa shape index (κ1) is 20.3. The van der Waals surface area contributed by atoms with E-state index in [1.54, 1.807) is 17.3 Å². The summed E-state index contributed by atoms with van der Waals surface area (Å²) in [5.74, 6) is 0. The number of hydrogen-bond acceptors (Lipinski definition) is 5. The molecule has 0 radical (unpaired) electrons. The van der Waals surface area contributed by atoms with Gasteiger partial charge >= 0.3 is 6.09 Å². The number of methoxy groups -OCH3 is 1. The zero-order chi connectivity index (χ0) is 20.1. The number of sulfonamides is 1. The molecule has 0 aliphatic carbocycles. The molecule has 1 aliphatic rings. The van der Waals surface area contributed by atoms with E-state index in [4.69, 9.17) is 4.74 Å². The fraction of sp³-hybridized carbons (Fsp3) is 0.400. The number of hydrogen-bond donors (Lipinski definition) is 1. The molecule has 8 heteroatoms. The SMILES string of the molecule is COC(=O)N1CCC[C@H](NS(C)(=O)=O)[C@@H]1Cc1cccc(-c2cccnc2)c1. The molecule has 1 aromatic heterocycles. The zero-order valence-electron chi connectivity index (χ0n) is 16.0. The van der Waals surface area contributed by atoms with Crippen molar-refractivity contribution in [1.29, 1.82) is 0 Å². The second-order valence-corrected chi connectivity index (χ2v) is 8.80. The average molecular weight is 404 g/mol. The molecule has 150 valence electrons. The number of ether oxygens (including phenoxy) is 1. The Morgan fingerprint density at radius 3 is 2.75 bits per heavy atom. The minimum Gasteiger partial charge on any atom is -0.453 e. The van der Waals surface area contributed by atoms with Gasteiger partial charge in [-0.2, -0.15) is 0 Å². The van der Waals surface area contributed by atoms with Crippen molar-refractivity contribution in [3.8, 4) is 11.1 Å². The Bertz CT molecular complexity index is 918. The van der Waals surface area contributed by atoms with Crippen molar-refractivity contribution in [3.63, 3.8) is 0 Å². The number of carbonyl (C=O) groups is 1. The molecule has 1 N–H and O–H groups in total. The fourth-order valence-electron chi connectivity index (χ4n) is 3.72. The quantitative estimate of drug-likeness (QED) is 0.828. The van der Waals surface area contributed by atoms with E-state index in [1.165, 1.54) is 7.11 Å². The summed E-state index contributed by atoms with van der Waals surface area (Å²) in [6, 6.07) is 11.2. The standard InChI is InChI=1S/C20H25N3O4S/c1-27-20(24)23-11-5-9-18(22-28(2,25)26)19(23)13-15-6-3-7-16(12-15)17-8-4-10-21-14-17/h3-4,6-8,10,12,14,18-19,22H,5,9,11,13H2,1-2H3/t18-,19-/m0/s1. The molecule has 0 saturated carbocycles. The van der Waals surface area contributed by atoms with Crippen LogP contribution in [-0.2, 0) is 21.2 Å². The van der Waals surface area contributed by atoms with Gasteiger partial charge in [-0.15, -0.1) is 0 Å². The van der Waals surface area contributed by atoms with Gasteiger partial charge in [0.05, 0.1) is 19.4 Å². The van der Waals surface area contributed by atoms with Crippen LogP contribution in [0.25, 0.3) is 11.1 Å². The van der Waals surface area contributed by atoms with Crippen LogP contribution in [0.15, 0.2) is 48.8 Å². The summed E-state index contributed by atoms with van der Waals surface area (Å²) in [7, 11) is -2.05. The topological polar surface area (TPSA) is 88.6 Å². The first-order valence-corrected chi connectivity index (χ1v) is 11.1. The number of nitrogens with one attached hydrogen (secondary N) is 1. The molecule has 1 saturated heterocycles. The molecule has 0 bridgehead atoms. The third kappa shape index (κ3) is 5.08. The van der Waals surface area contributed by atoms with Crippen LogP contribution >= 0.6 is 0 Å². The zero-order valence-corrected chi connectivity index (χ0v) is 16.9. The van der Waals surface area contributed by atoms with E-state index < -0.39 is 16.1 Å². The van der Waals surface area contributed by atoms with Crippen LogP contribution in [0.5, 0.6) is 0 Å². The van der Waals surface area contributed by atoms with Gasteiger partial charge in [0, 0.05) is 25.0 Å². The second-order valence-electron chi connectivity index (χ2n) is 7.02. The Kier molecular flexibility index (Phi) is 6.31. The van der Waals surface area contributed by atoms with Gasteiger partial charge in [0.2, 0.25) is 10.0 Å². The lowest BCUT2D eigenvalue weighted by atomic mass is 9.91. The van der Waals surface area contributed by atoms with E-state index in [2.05, 4.69) is 15.8 Å². The van der Waals surface area contributed by atoms with E-state index in [-0.39, 0.29) is 12.1 Å². The Morgan fingerprint density at radius 2 is 2.07 bits per heavy atom. The van der Waals surface area contributed by atoms with Gasteiger partial charge in [-0.25, -0.2) is 17.9 Å². The molecular weight excluding hydrogens is 378 g/mol. The predicted octanol–water partition coefficient (Wildman–Crippen LogP) is 2.44. The molecule has 3 rings (SSSR count). The van der Waals surface area contributed by atoms with E-state index in [9.17, 15) is 13.2 Å². The van der Waals surface area contributed by atoms with E-state index in [1.807, 2.05) is 30.3 Å². The highest BCUT2D eigenvalue weighted by Crippen LogP contribution is 2.25. The maximum absolute atomic E-state index is 12.3. The van der Waals surface area contributed by atoms with Gasteiger partial charge in [-0.1, -0.05) is 30.3 Å². The van der Waals surface area contributed by atoms with Gasteiger partial charge in [0.1, 0.15) is 0 Å². The summed E-state index contributed by atoms with van der Waals surface area (Å²) in [6.45, 7) is 0.543. The summed E-state index contributed by atoms with van der Waals surface area (Å²) in [4.78, 5) is 18.1. The highest BCUT2D eigenvalue weighted by atomic mass is 32.2. The van der Waals surface area contributed by atoms with Crippen molar-refractivity contribution in [2.45, 2.75) is 31.3 Å². The summed E-state index contributed by atoms with van der Waals surface area (Å²) < 4.78 is 31.3. The summed E-state index contributed by atoms with van der Waals surface area (Å²) in [5.41, 5.74) is 3.05. The number of benzene rings is 1. The van der Waals surface area contributed by atoms with Crippen molar-refractivity contribution in [1.82, 2.24) is 14.6 Å². The van der Waals surface area contributed by atoms with E-state index in [0.717, 1.165) is 22.9 Å². The summed E-state index contributed by atoms with van der Waals surface area (Å²) in [6.07, 6.45) is 6.15. The molecule has 1 amide bonds. The molecule has 0 unspecified atom stereocenters. The third-order valence-corrected chi connectivity index (χ3v) is 5.65. The smallest absolute Gasteiger partial charge is 0.409 e. The second kappa shape index (κ2) is 8.70. The first-order chi connectivity index (χ1) is 13.4. The highest BCUT2D eigenvalue weighted by Gasteiger charge is 2.36. The molecule has 2 aromatic rings. The highest BCUT2D eigenvalue weighted by molar-refractivity contribution is 7.88. The van der Waals surface area contributed by atoms with Crippen molar-refractivity contribution in [2.24, 2.45) is 0 Å². The Hall–Kier alpha value is -2.45. The minimum atomic E-state index is -3.39. The maximum Gasteiger partial charge on any atom is 0.409 e. The maximum atomic E-state index is 12.3. The first-order valence-electron chi connectivity index (χ1n) is 9.18. The summed E-state index contributed by atoms with van der Waals surface area (Å²) in [5, 5.41) is 0. The normalized spacial score (nSPS) is 20.0. The van der Waals surface area contributed by atoms with Crippen LogP contribution < -0.4 is 4.72 Å². The molecule has 0 spiro atoms. The van der Waals surface area contributed by atoms with Crippen molar-refractivity contribution >= 4 is 16.1 Å². The number of nitrogens with zero attached hydrogens (tertiary/aromatic N) is 2. The van der Waals surface area contributed by atoms with Crippen molar-refractivity contribution in [2.75, 3.05) is 19.9 Å². The number of aromatic nitrogens is 1. The Labute approximate surface area is 165 Å². The Morgan fingerprint density at radius 1 is 1.29 bits per heavy atom. The van der Waals surface area contributed by atoms with Crippen LogP contribution in [0.2, 0.25) is 0 Å². The van der Waals surface area contributed by atoms with E-state index >= 15 is 0 Å². The average Bonchev–Trinajstić information content (AvgIpc) is 2.68. The summed E-state index contributed by atoms with van der Waals surface area (Å²) >= 11 is 0. The predicted molar refractivity (Wildman–Crippen MR) is 107 cm³/mol. The van der Waals surface area contributed by atoms with Crippen LogP contribution in [0.4, 0.5) is 4.79 Å². The molecule has 1 aliphatic heterocycles. The van der Waals surface area contributed by atoms with Gasteiger partial charge < -0.3 is 9.64 Å². The van der Waals surface area contributed by atoms with Crippen molar-refractivity contribution < 1.29 is 17.9 Å². The minimum absolute atomic E-state index is 0.319. The van der Waals surface area contributed by atoms with E-state index in [0.29, 0.717) is 25.8 Å². The molecule has 7 nitrogen and oxygen atoms in total. The van der Waals surface area contributed by atoms with Gasteiger partial charge in [0.15, 0.2) is 0 Å². The van der Waals surface area contributed by atoms with Crippen LogP contribution in [0.1, 0.15) is 18.4 Å². The number of carbonyl (C=O) groups excluding carboxylic acids is 1. The fourth-order valence-corrected chi connectivity index (χ4v) is 4.54. The molecular formula is C20H25N3O4S. The van der Waals surface area contributed by atoms with Gasteiger partial charge in [-0.3, -0.25) is 4.98 Å². The van der Waals surface area contributed by atoms with Crippen LogP contribution in [0.3, 0.4) is 0 Å². The van der Waals surface area contributed by atoms with Gasteiger partial charge in [0.25, 0.3) is 0 Å². The molecule has 2 atom stereocenters. The molecule has 28 heavy (non-hydrogen) atoms. The monoisotopic (exact) mass is 403 g/mol. The van der Waals surface area contributed by atoms with Crippen LogP contribution in [0, 0.1) is 0 Å². The van der Waals surface area contributed by atoms with Crippen LogP contribution in [-0.4, -0.2) is 56.4 Å². The number of amides is 1. The van der Waals surface area contributed by atoms with Gasteiger partial charge in [-0.05, 0) is 42.0 Å². The third-order valence-electron chi connectivity index (χ3n) is 4.92.